The molecule has 0 fully saturated rings. The molecule has 0 radical (unpaired) electrons. The SMILES string of the molecule is CCCCCNC(=NCc1ccc(O)c(F)c1)NCC.I. The number of nitrogens with one attached hydrogen (secondary N) is 2. The molecule has 0 atom stereocenters. The zero-order valence-corrected chi connectivity index (χ0v) is 15.0. The molecule has 0 aliphatic rings. The Morgan fingerprint density at radius 3 is 2.62 bits per heavy atom. The van der Waals surface area contributed by atoms with Crippen LogP contribution >= 0.6 is 24.0 Å². The third kappa shape index (κ3) is 8.08. The number of phenols is 1. The maximum absolute atomic E-state index is 13.2. The van der Waals surface area contributed by atoms with Crippen molar-refractivity contribution in [3.8, 4) is 5.75 Å². The van der Waals surface area contributed by atoms with Crippen LogP contribution in [0.3, 0.4) is 0 Å². The summed E-state index contributed by atoms with van der Waals surface area (Å²) in [5.41, 5.74) is 0.728. The van der Waals surface area contributed by atoms with Crippen molar-refractivity contribution < 1.29 is 9.50 Å². The average molecular weight is 409 g/mol. The molecule has 120 valence electrons. The van der Waals surface area contributed by atoms with Gasteiger partial charge in [-0.05, 0) is 31.0 Å². The summed E-state index contributed by atoms with van der Waals surface area (Å²) < 4.78 is 13.2. The molecular weight excluding hydrogens is 384 g/mol. The van der Waals surface area contributed by atoms with Crippen molar-refractivity contribution in [2.24, 2.45) is 4.99 Å². The molecule has 1 aromatic carbocycles. The van der Waals surface area contributed by atoms with E-state index >= 15 is 0 Å². The highest BCUT2D eigenvalue weighted by Gasteiger charge is 2.02. The molecule has 0 heterocycles. The van der Waals surface area contributed by atoms with Gasteiger partial charge in [0.05, 0.1) is 6.54 Å². The Bertz CT molecular complexity index is 441. The second-order valence-electron chi connectivity index (χ2n) is 4.61. The van der Waals surface area contributed by atoms with E-state index in [2.05, 4.69) is 22.5 Å². The van der Waals surface area contributed by atoms with Crippen LogP contribution in [0, 0.1) is 5.82 Å². The van der Waals surface area contributed by atoms with E-state index in [-0.39, 0.29) is 29.7 Å². The van der Waals surface area contributed by atoms with E-state index in [0.29, 0.717) is 6.54 Å². The molecule has 3 N–H and O–H groups in total. The van der Waals surface area contributed by atoms with Crippen LogP contribution in [-0.4, -0.2) is 24.2 Å². The van der Waals surface area contributed by atoms with Gasteiger partial charge >= 0.3 is 0 Å². The largest absolute Gasteiger partial charge is 0.505 e. The topological polar surface area (TPSA) is 56.7 Å². The molecule has 21 heavy (non-hydrogen) atoms. The van der Waals surface area contributed by atoms with Crippen LogP contribution in [0.4, 0.5) is 4.39 Å². The highest BCUT2D eigenvalue weighted by molar-refractivity contribution is 14.0. The summed E-state index contributed by atoms with van der Waals surface area (Å²) in [7, 11) is 0. The van der Waals surface area contributed by atoms with E-state index in [9.17, 15) is 4.39 Å². The third-order valence-electron chi connectivity index (χ3n) is 2.85. The van der Waals surface area contributed by atoms with Gasteiger partial charge in [0.2, 0.25) is 0 Å². The van der Waals surface area contributed by atoms with Crippen LogP contribution < -0.4 is 10.6 Å². The molecule has 0 amide bonds. The Labute approximate surface area is 143 Å². The number of nitrogens with zero attached hydrogens (tertiary/aromatic N) is 1. The molecule has 0 spiro atoms. The summed E-state index contributed by atoms with van der Waals surface area (Å²) in [6, 6.07) is 4.32. The van der Waals surface area contributed by atoms with Crippen LogP contribution in [0.25, 0.3) is 0 Å². The lowest BCUT2D eigenvalue weighted by atomic mass is 10.2. The van der Waals surface area contributed by atoms with E-state index in [0.717, 1.165) is 31.0 Å². The quantitative estimate of drug-likeness (QED) is 0.280. The van der Waals surface area contributed by atoms with Gasteiger partial charge in [0.15, 0.2) is 17.5 Å². The van der Waals surface area contributed by atoms with Crippen LogP contribution in [0.1, 0.15) is 38.7 Å². The molecule has 0 aromatic heterocycles. The smallest absolute Gasteiger partial charge is 0.191 e. The molecule has 0 aliphatic carbocycles. The summed E-state index contributed by atoms with van der Waals surface area (Å²) in [4.78, 5) is 4.40. The summed E-state index contributed by atoms with van der Waals surface area (Å²) in [6.07, 6.45) is 3.48. The zero-order valence-electron chi connectivity index (χ0n) is 12.7. The van der Waals surface area contributed by atoms with Gasteiger partial charge in [-0.2, -0.15) is 0 Å². The summed E-state index contributed by atoms with van der Waals surface area (Å²) in [5, 5.41) is 15.5. The number of unbranched alkanes of at least 4 members (excludes halogenated alkanes) is 2. The number of hydrogen-bond acceptors (Lipinski definition) is 2. The van der Waals surface area contributed by atoms with Crippen molar-refractivity contribution >= 4 is 29.9 Å². The van der Waals surface area contributed by atoms with Crippen molar-refractivity contribution in [3.63, 3.8) is 0 Å². The fourth-order valence-electron chi connectivity index (χ4n) is 1.74. The van der Waals surface area contributed by atoms with Crippen molar-refractivity contribution in [1.29, 1.82) is 0 Å². The Morgan fingerprint density at radius 1 is 1.24 bits per heavy atom. The first-order valence-electron chi connectivity index (χ1n) is 7.17. The molecular formula is C15H25FIN3O. The summed E-state index contributed by atoms with van der Waals surface area (Å²) in [5.74, 6) is -0.210. The van der Waals surface area contributed by atoms with E-state index in [1.165, 1.54) is 25.0 Å². The van der Waals surface area contributed by atoms with Gasteiger partial charge in [-0.1, -0.05) is 25.8 Å². The second-order valence-corrected chi connectivity index (χ2v) is 4.61. The molecule has 0 saturated carbocycles. The number of aliphatic imine (C=N–C) groups is 1. The lowest BCUT2D eigenvalue weighted by Gasteiger charge is -2.11. The molecule has 6 heteroatoms. The minimum absolute atomic E-state index is 0. The standard InChI is InChI=1S/C15H24FN3O.HI/c1-3-5-6-9-18-15(17-4-2)19-11-12-7-8-14(20)13(16)10-12;/h7-8,10,20H,3-6,9,11H2,1-2H3,(H2,17,18,19);1H. The lowest BCUT2D eigenvalue weighted by molar-refractivity contribution is 0.432. The molecule has 1 aromatic rings. The Balaban J connectivity index is 0.00000400. The molecule has 1 rings (SSSR count). The first kappa shape index (κ1) is 19.9. The van der Waals surface area contributed by atoms with Gasteiger partial charge in [0.25, 0.3) is 0 Å². The predicted octanol–water partition coefficient (Wildman–Crippen LogP) is 3.39. The number of rotatable bonds is 7. The normalized spacial score (nSPS) is 10.9. The maximum atomic E-state index is 13.2. The fourth-order valence-corrected chi connectivity index (χ4v) is 1.74. The fraction of sp³-hybridized carbons (Fsp3) is 0.533. The number of benzene rings is 1. The van der Waals surface area contributed by atoms with Crippen LogP contribution in [0.2, 0.25) is 0 Å². The van der Waals surface area contributed by atoms with Gasteiger partial charge in [-0.3, -0.25) is 0 Å². The molecule has 4 nitrogen and oxygen atoms in total. The monoisotopic (exact) mass is 409 g/mol. The highest BCUT2D eigenvalue weighted by atomic mass is 127. The second kappa shape index (κ2) is 11.6. The van der Waals surface area contributed by atoms with Crippen LogP contribution in [0.5, 0.6) is 5.75 Å². The van der Waals surface area contributed by atoms with Crippen molar-refractivity contribution in [1.82, 2.24) is 10.6 Å². The Kier molecular flexibility index (Phi) is 11.0. The van der Waals surface area contributed by atoms with E-state index in [4.69, 9.17) is 5.11 Å². The van der Waals surface area contributed by atoms with E-state index in [1.807, 2.05) is 6.92 Å². The molecule has 0 aliphatic heterocycles. The van der Waals surface area contributed by atoms with Crippen LogP contribution in [-0.2, 0) is 6.54 Å². The van der Waals surface area contributed by atoms with Crippen molar-refractivity contribution in [2.45, 2.75) is 39.7 Å². The molecule has 0 unspecified atom stereocenters. The minimum Gasteiger partial charge on any atom is -0.505 e. The van der Waals surface area contributed by atoms with Crippen LogP contribution in [0.15, 0.2) is 23.2 Å². The number of guanidine groups is 1. The zero-order chi connectivity index (χ0) is 14.8. The number of halogens is 2. The van der Waals surface area contributed by atoms with Gasteiger partial charge in [-0.15, -0.1) is 24.0 Å². The first-order valence-corrected chi connectivity index (χ1v) is 7.17. The average Bonchev–Trinajstić information content (AvgIpc) is 2.44. The van der Waals surface area contributed by atoms with Gasteiger partial charge < -0.3 is 15.7 Å². The van der Waals surface area contributed by atoms with Crippen molar-refractivity contribution in [2.75, 3.05) is 13.1 Å². The summed E-state index contributed by atoms with van der Waals surface area (Å²) >= 11 is 0. The van der Waals surface area contributed by atoms with E-state index in [1.54, 1.807) is 6.07 Å². The van der Waals surface area contributed by atoms with E-state index < -0.39 is 5.82 Å². The highest BCUT2D eigenvalue weighted by Crippen LogP contribution is 2.16. The Hall–Kier alpha value is -1.05. The number of hydrogen-bond donors (Lipinski definition) is 3. The van der Waals surface area contributed by atoms with Gasteiger partial charge in [0.1, 0.15) is 0 Å². The Morgan fingerprint density at radius 2 is 2.00 bits per heavy atom. The third-order valence-corrected chi connectivity index (χ3v) is 2.85. The summed E-state index contributed by atoms with van der Waals surface area (Å²) in [6.45, 7) is 6.20. The predicted molar refractivity (Wildman–Crippen MR) is 95.8 cm³/mol. The molecule has 0 saturated heterocycles. The lowest BCUT2D eigenvalue weighted by Crippen LogP contribution is -2.37. The minimum atomic E-state index is -0.612. The van der Waals surface area contributed by atoms with Crippen molar-refractivity contribution in [3.05, 3.63) is 29.6 Å². The van der Waals surface area contributed by atoms with Gasteiger partial charge in [-0.25, -0.2) is 9.38 Å². The number of aromatic hydroxyl groups is 1. The van der Waals surface area contributed by atoms with Gasteiger partial charge in [0, 0.05) is 13.1 Å². The maximum Gasteiger partial charge on any atom is 0.191 e. The number of phenolic OH excluding ortho intramolecular Hbond substituents is 1. The first-order chi connectivity index (χ1) is 9.67. The molecule has 0 bridgehead atoms.